The first-order chi connectivity index (χ1) is 8.17. The lowest BCUT2D eigenvalue weighted by Crippen LogP contribution is -2.46. The van der Waals surface area contributed by atoms with Crippen LogP contribution in [-0.4, -0.2) is 41.7 Å². The van der Waals surface area contributed by atoms with Gasteiger partial charge in [-0.1, -0.05) is 11.3 Å². The molecule has 7 nitrogen and oxygen atoms in total. The Morgan fingerprint density at radius 2 is 2.12 bits per heavy atom. The number of hydrogen-bond donors (Lipinski definition) is 1. The Morgan fingerprint density at radius 1 is 1.35 bits per heavy atom. The number of ether oxygens (including phenoxy) is 2. The number of nitrogen functional groups attached to an aromatic ring is 1. The highest BCUT2D eigenvalue weighted by atomic mass is 32.1. The highest BCUT2D eigenvalue weighted by Crippen LogP contribution is 2.34. The van der Waals surface area contributed by atoms with Crippen molar-refractivity contribution in [1.82, 2.24) is 10.2 Å². The van der Waals surface area contributed by atoms with Crippen LogP contribution in [0.2, 0.25) is 0 Å². The molecule has 2 aliphatic rings. The summed E-state index contributed by atoms with van der Waals surface area (Å²) in [6, 6.07) is 0. The zero-order valence-corrected chi connectivity index (χ0v) is 9.90. The third-order valence-corrected chi connectivity index (χ3v) is 3.94. The fraction of sp³-hybridized carbons (Fsp3) is 0.667. The van der Waals surface area contributed by atoms with Crippen molar-refractivity contribution in [3.05, 3.63) is 0 Å². The van der Waals surface area contributed by atoms with Gasteiger partial charge in [-0.2, -0.15) is 0 Å². The van der Waals surface area contributed by atoms with Crippen molar-refractivity contribution in [3.8, 4) is 0 Å². The predicted molar refractivity (Wildman–Crippen MR) is 60.9 cm³/mol. The van der Waals surface area contributed by atoms with Gasteiger partial charge in [-0.25, -0.2) is 4.79 Å². The van der Waals surface area contributed by atoms with Crippen molar-refractivity contribution < 1.29 is 14.3 Å². The molecule has 17 heavy (non-hydrogen) atoms. The van der Waals surface area contributed by atoms with E-state index in [0.29, 0.717) is 11.7 Å². The highest BCUT2D eigenvalue weighted by molar-refractivity contribution is 7.18. The fourth-order valence-electron chi connectivity index (χ4n) is 2.13. The molecule has 0 amide bonds. The number of carbonyl (C=O) groups excluding carboxylic acids is 1. The molecule has 92 valence electrons. The number of carbonyl (C=O) groups is 1. The van der Waals surface area contributed by atoms with Crippen LogP contribution in [-0.2, 0) is 9.47 Å². The number of rotatable bonds is 1. The van der Waals surface area contributed by atoms with Gasteiger partial charge in [0.2, 0.25) is 10.3 Å². The molecule has 0 radical (unpaired) electrons. The van der Waals surface area contributed by atoms with Gasteiger partial charge in [0, 0.05) is 25.9 Å². The first-order valence-corrected chi connectivity index (χ1v) is 6.18. The molecule has 1 aromatic rings. The fourth-order valence-corrected chi connectivity index (χ4v) is 2.79. The van der Waals surface area contributed by atoms with Crippen molar-refractivity contribution in [2.24, 2.45) is 0 Å². The summed E-state index contributed by atoms with van der Waals surface area (Å²) < 4.78 is 10.1. The lowest BCUT2D eigenvalue weighted by molar-refractivity contribution is 0.0366. The van der Waals surface area contributed by atoms with Gasteiger partial charge in [-0.3, -0.25) is 0 Å². The Balaban J connectivity index is 1.66. The van der Waals surface area contributed by atoms with E-state index in [2.05, 4.69) is 15.1 Å². The molecule has 0 saturated carbocycles. The third kappa shape index (κ3) is 1.88. The molecule has 0 bridgehead atoms. The van der Waals surface area contributed by atoms with E-state index < -0.39 is 11.8 Å². The second-order valence-electron chi connectivity index (χ2n) is 4.23. The largest absolute Gasteiger partial charge is 0.509 e. The molecule has 2 saturated heterocycles. The van der Waals surface area contributed by atoms with E-state index in [1.807, 2.05) is 0 Å². The number of anilines is 2. The maximum absolute atomic E-state index is 11.0. The maximum atomic E-state index is 11.0. The van der Waals surface area contributed by atoms with Gasteiger partial charge < -0.3 is 20.1 Å². The number of nitrogens with two attached hydrogens (primary N) is 1. The summed E-state index contributed by atoms with van der Waals surface area (Å²) in [5, 5.41) is 9.08. The maximum Gasteiger partial charge on any atom is 0.509 e. The second kappa shape index (κ2) is 3.73. The molecular formula is C9H12N4O3S. The molecule has 1 spiro atoms. The van der Waals surface area contributed by atoms with E-state index in [-0.39, 0.29) is 0 Å². The smallest absolute Gasteiger partial charge is 0.430 e. The quantitative estimate of drug-likeness (QED) is 0.737. The standard InChI is InChI=1S/C9H12N4O3S/c10-6-11-12-7(17-6)13-3-1-9(2-4-13)5-15-8(14)16-9/h1-5H2,(H2,10,11). The molecule has 0 aromatic carbocycles. The Kier molecular flexibility index (Phi) is 2.32. The number of piperidine rings is 1. The van der Waals surface area contributed by atoms with Crippen LogP contribution in [0.4, 0.5) is 15.1 Å². The SMILES string of the molecule is Nc1nnc(N2CCC3(CC2)COC(=O)O3)s1. The zero-order chi connectivity index (χ0) is 11.9. The van der Waals surface area contributed by atoms with Crippen LogP contribution in [0.15, 0.2) is 0 Å². The first-order valence-electron chi connectivity index (χ1n) is 5.37. The molecule has 0 atom stereocenters. The van der Waals surface area contributed by atoms with Gasteiger partial charge in [0.1, 0.15) is 6.61 Å². The highest BCUT2D eigenvalue weighted by Gasteiger charge is 2.45. The van der Waals surface area contributed by atoms with E-state index in [1.165, 1.54) is 11.3 Å². The molecule has 8 heteroatoms. The Morgan fingerprint density at radius 3 is 2.65 bits per heavy atom. The van der Waals surface area contributed by atoms with E-state index in [0.717, 1.165) is 31.1 Å². The summed E-state index contributed by atoms with van der Waals surface area (Å²) in [5.41, 5.74) is 5.12. The van der Waals surface area contributed by atoms with Gasteiger partial charge in [-0.15, -0.1) is 10.2 Å². The Labute approximate surface area is 102 Å². The van der Waals surface area contributed by atoms with Crippen LogP contribution >= 0.6 is 11.3 Å². The Hall–Kier alpha value is -1.57. The van der Waals surface area contributed by atoms with Gasteiger partial charge in [0.05, 0.1) is 0 Å². The molecule has 1 aromatic heterocycles. The van der Waals surface area contributed by atoms with E-state index in [4.69, 9.17) is 15.2 Å². The topological polar surface area (TPSA) is 90.6 Å². The van der Waals surface area contributed by atoms with Crippen LogP contribution in [0.5, 0.6) is 0 Å². The third-order valence-electron chi connectivity index (χ3n) is 3.13. The Bertz CT molecular complexity index is 441. The molecule has 0 unspecified atom stereocenters. The van der Waals surface area contributed by atoms with Gasteiger partial charge in [0.25, 0.3) is 0 Å². The van der Waals surface area contributed by atoms with Gasteiger partial charge >= 0.3 is 6.16 Å². The summed E-state index contributed by atoms with van der Waals surface area (Å²) in [7, 11) is 0. The predicted octanol–water partition coefficient (Wildman–Crippen LogP) is 0.626. The van der Waals surface area contributed by atoms with Crippen LogP contribution in [0.3, 0.4) is 0 Å². The average Bonchev–Trinajstić information content (AvgIpc) is 2.88. The first kappa shape index (κ1) is 10.6. The lowest BCUT2D eigenvalue weighted by Gasteiger charge is -2.35. The molecular weight excluding hydrogens is 244 g/mol. The number of aromatic nitrogens is 2. The summed E-state index contributed by atoms with van der Waals surface area (Å²) in [6.45, 7) is 1.90. The lowest BCUT2D eigenvalue weighted by atomic mass is 9.93. The minimum Gasteiger partial charge on any atom is -0.430 e. The van der Waals surface area contributed by atoms with Crippen molar-refractivity contribution in [2.75, 3.05) is 30.3 Å². The van der Waals surface area contributed by atoms with Gasteiger partial charge in [-0.05, 0) is 0 Å². The van der Waals surface area contributed by atoms with Gasteiger partial charge in [0.15, 0.2) is 5.60 Å². The minimum atomic E-state index is -0.557. The number of hydrogen-bond acceptors (Lipinski definition) is 8. The number of cyclic esters (lactones) is 1. The van der Waals surface area contributed by atoms with E-state index in [1.54, 1.807) is 0 Å². The molecule has 3 heterocycles. The summed E-state index contributed by atoms with van der Waals surface area (Å²) in [4.78, 5) is 13.1. The summed E-state index contributed by atoms with van der Waals surface area (Å²) >= 11 is 1.37. The van der Waals surface area contributed by atoms with Crippen molar-refractivity contribution in [3.63, 3.8) is 0 Å². The average molecular weight is 256 g/mol. The van der Waals surface area contributed by atoms with Crippen molar-refractivity contribution in [1.29, 1.82) is 0 Å². The van der Waals surface area contributed by atoms with Crippen molar-refractivity contribution in [2.45, 2.75) is 18.4 Å². The molecule has 0 aliphatic carbocycles. The normalized spacial score (nSPS) is 22.6. The van der Waals surface area contributed by atoms with Crippen LogP contribution < -0.4 is 10.6 Å². The monoisotopic (exact) mass is 256 g/mol. The molecule has 2 N–H and O–H groups in total. The number of nitrogens with zero attached hydrogens (tertiary/aromatic N) is 3. The van der Waals surface area contributed by atoms with Crippen LogP contribution in [0.1, 0.15) is 12.8 Å². The van der Waals surface area contributed by atoms with Crippen LogP contribution in [0.25, 0.3) is 0 Å². The molecule has 3 rings (SSSR count). The van der Waals surface area contributed by atoms with E-state index >= 15 is 0 Å². The van der Waals surface area contributed by atoms with E-state index in [9.17, 15) is 4.79 Å². The minimum absolute atomic E-state index is 0.359. The summed E-state index contributed by atoms with van der Waals surface area (Å²) in [5.74, 6) is 0. The zero-order valence-electron chi connectivity index (χ0n) is 9.09. The molecule has 2 fully saturated rings. The second-order valence-corrected chi connectivity index (χ2v) is 5.22. The summed E-state index contributed by atoms with van der Waals surface area (Å²) in [6.07, 6.45) is 0.940. The van der Waals surface area contributed by atoms with Crippen molar-refractivity contribution >= 4 is 27.8 Å². The molecule has 2 aliphatic heterocycles. The van der Waals surface area contributed by atoms with Crippen LogP contribution in [0, 0.1) is 0 Å².